The summed E-state index contributed by atoms with van der Waals surface area (Å²) >= 11 is 5.96. The first-order valence-electron chi connectivity index (χ1n) is 4.01. The van der Waals surface area contributed by atoms with E-state index in [1.165, 1.54) is 4.52 Å². The normalized spacial score (nSPS) is 10.9. The van der Waals surface area contributed by atoms with E-state index in [2.05, 4.69) is 10.1 Å². The van der Waals surface area contributed by atoms with E-state index in [1.54, 1.807) is 12.3 Å². The zero-order valence-corrected chi connectivity index (χ0v) is 7.91. The van der Waals surface area contributed by atoms with E-state index >= 15 is 0 Å². The first-order chi connectivity index (χ1) is 6.22. The third-order valence-electron chi connectivity index (χ3n) is 1.87. The van der Waals surface area contributed by atoms with Gasteiger partial charge in [0.15, 0.2) is 0 Å². The van der Waals surface area contributed by atoms with Gasteiger partial charge in [-0.25, -0.2) is 9.50 Å². The molecule has 2 radical (unpaired) electrons. The predicted molar refractivity (Wildman–Crippen MR) is 52.8 cm³/mol. The summed E-state index contributed by atoms with van der Waals surface area (Å²) in [5, 5.41) is 4.53. The molecule has 2 aromatic rings. The highest BCUT2D eigenvalue weighted by molar-refractivity contribution is 6.36. The molecule has 2 heterocycles. The van der Waals surface area contributed by atoms with E-state index in [9.17, 15) is 0 Å². The molecule has 0 saturated heterocycles. The fourth-order valence-electron chi connectivity index (χ4n) is 1.17. The van der Waals surface area contributed by atoms with E-state index in [-0.39, 0.29) is 0 Å². The Balaban J connectivity index is 2.80. The highest BCUT2D eigenvalue weighted by Gasteiger charge is 2.05. The van der Waals surface area contributed by atoms with Gasteiger partial charge in [0.05, 0.1) is 0 Å². The van der Waals surface area contributed by atoms with Gasteiger partial charge >= 0.3 is 0 Å². The number of halogens is 1. The molecule has 2 rings (SSSR count). The molecule has 0 spiro atoms. The highest BCUT2D eigenvalue weighted by atomic mass is 35.5. The number of hydrogen-bond donors (Lipinski definition) is 0. The van der Waals surface area contributed by atoms with Crippen molar-refractivity contribution in [2.24, 2.45) is 0 Å². The Morgan fingerprint density at radius 1 is 1.62 bits per heavy atom. The molecule has 0 fully saturated rings. The molecule has 0 atom stereocenters. The molecule has 0 aliphatic rings. The Labute approximate surface area is 82.1 Å². The summed E-state index contributed by atoms with van der Waals surface area (Å²) in [4.78, 5) is 4.31. The predicted octanol–water partition coefficient (Wildman–Crippen LogP) is 0.739. The van der Waals surface area contributed by atoms with Gasteiger partial charge in [0.25, 0.3) is 0 Å². The molecule has 0 bridgehead atoms. The van der Waals surface area contributed by atoms with Gasteiger partial charge in [-0.2, -0.15) is 5.10 Å². The number of aryl methyl sites for hydroxylation is 1. The van der Waals surface area contributed by atoms with Crippen molar-refractivity contribution in [3.05, 3.63) is 23.1 Å². The van der Waals surface area contributed by atoms with E-state index in [4.69, 9.17) is 19.4 Å². The van der Waals surface area contributed by atoms with E-state index in [1.807, 2.05) is 6.92 Å². The zero-order chi connectivity index (χ0) is 9.42. The molecule has 0 amide bonds. The van der Waals surface area contributed by atoms with Gasteiger partial charge in [0.2, 0.25) is 0 Å². The Morgan fingerprint density at radius 2 is 2.38 bits per heavy atom. The second kappa shape index (κ2) is 3.03. The Bertz CT molecular complexity index is 452. The largest absolute Gasteiger partial charge is 0.234 e. The van der Waals surface area contributed by atoms with Crippen molar-refractivity contribution in [2.75, 3.05) is 0 Å². The quantitative estimate of drug-likeness (QED) is 0.492. The number of aromatic nitrogens is 3. The van der Waals surface area contributed by atoms with Gasteiger partial charge in [-0.1, -0.05) is 18.5 Å². The molecule has 5 heteroatoms. The summed E-state index contributed by atoms with van der Waals surface area (Å²) in [5.41, 5.74) is 2.10. The third-order valence-corrected chi connectivity index (χ3v) is 2.14. The number of fused-ring (bicyclic) bond motifs is 1. The Kier molecular flexibility index (Phi) is 2.00. The average Bonchev–Trinajstić information content (AvgIpc) is 2.48. The first-order valence-corrected chi connectivity index (χ1v) is 4.38. The number of rotatable bonds is 1. The fraction of sp³-hybridized carbons (Fsp3) is 0.250. The number of nitrogens with zero attached hydrogens (tertiary/aromatic N) is 3. The summed E-state index contributed by atoms with van der Waals surface area (Å²) in [5.74, 6) is 0. The van der Waals surface area contributed by atoms with Crippen molar-refractivity contribution in [1.29, 1.82) is 0 Å². The molecule has 0 aliphatic carbocycles. The standard InChI is InChI=1S/C8H7BClN3/c1-2-5-3-7(10)13-8(12-5)6(9)4-11-13/h3-4H,2H2,1H3. The molecule has 2 aromatic heterocycles. The lowest BCUT2D eigenvalue weighted by Crippen LogP contribution is -2.05. The second-order valence-corrected chi connectivity index (χ2v) is 3.15. The van der Waals surface area contributed by atoms with Gasteiger partial charge in [-0.15, -0.1) is 0 Å². The molecule has 0 unspecified atom stereocenters. The van der Waals surface area contributed by atoms with Crippen LogP contribution in [0.3, 0.4) is 0 Å². The van der Waals surface area contributed by atoms with Crippen LogP contribution < -0.4 is 5.46 Å². The van der Waals surface area contributed by atoms with Crippen LogP contribution in [0.2, 0.25) is 5.15 Å². The molecule has 0 aliphatic heterocycles. The maximum atomic E-state index is 5.96. The molecule has 0 N–H and O–H groups in total. The first kappa shape index (κ1) is 8.57. The van der Waals surface area contributed by atoms with Crippen molar-refractivity contribution >= 4 is 30.6 Å². The van der Waals surface area contributed by atoms with Crippen LogP contribution in [-0.2, 0) is 6.42 Å². The maximum absolute atomic E-state index is 5.96. The average molecular weight is 191 g/mol. The third kappa shape index (κ3) is 1.31. The minimum atomic E-state index is 0.540. The molecule has 0 saturated carbocycles. The topological polar surface area (TPSA) is 30.2 Å². The Morgan fingerprint density at radius 3 is 3.08 bits per heavy atom. The van der Waals surface area contributed by atoms with Gasteiger partial charge < -0.3 is 0 Å². The molecule has 3 nitrogen and oxygen atoms in total. The fourth-order valence-corrected chi connectivity index (χ4v) is 1.42. The van der Waals surface area contributed by atoms with Gasteiger partial charge in [-0.3, -0.25) is 0 Å². The Hall–Kier alpha value is -1.03. The van der Waals surface area contributed by atoms with Crippen molar-refractivity contribution < 1.29 is 0 Å². The van der Waals surface area contributed by atoms with Gasteiger partial charge in [0, 0.05) is 11.9 Å². The molecule has 0 aromatic carbocycles. The van der Waals surface area contributed by atoms with Crippen LogP contribution in [0, 0.1) is 0 Å². The van der Waals surface area contributed by atoms with Gasteiger partial charge in [-0.05, 0) is 17.9 Å². The lowest BCUT2D eigenvalue weighted by Gasteiger charge is -2.00. The molecular weight excluding hydrogens is 184 g/mol. The molecule has 13 heavy (non-hydrogen) atoms. The summed E-state index contributed by atoms with van der Waals surface area (Å²) in [6.45, 7) is 2.02. The lowest BCUT2D eigenvalue weighted by atomic mass is 10.0. The molecule has 64 valence electrons. The summed E-state index contributed by atoms with van der Waals surface area (Å²) < 4.78 is 1.52. The monoisotopic (exact) mass is 191 g/mol. The number of hydrogen-bond acceptors (Lipinski definition) is 2. The van der Waals surface area contributed by atoms with E-state index in [0.717, 1.165) is 12.1 Å². The smallest absolute Gasteiger partial charge is 0.149 e. The van der Waals surface area contributed by atoms with Crippen molar-refractivity contribution in [2.45, 2.75) is 13.3 Å². The van der Waals surface area contributed by atoms with Crippen LogP contribution in [0.15, 0.2) is 12.3 Å². The van der Waals surface area contributed by atoms with Crippen LogP contribution >= 0.6 is 11.6 Å². The van der Waals surface area contributed by atoms with Crippen LogP contribution in [0.4, 0.5) is 0 Å². The highest BCUT2D eigenvalue weighted by Crippen LogP contribution is 2.11. The van der Waals surface area contributed by atoms with Gasteiger partial charge in [0.1, 0.15) is 18.6 Å². The van der Waals surface area contributed by atoms with Crippen LogP contribution in [0.5, 0.6) is 0 Å². The molecular formula is C8H7BClN3. The summed E-state index contributed by atoms with van der Waals surface area (Å²) in [6, 6.07) is 1.79. The van der Waals surface area contributed by atoms with E-state index < -0.39 is 0 Å². The van der Waals surface area contributed by atoms with Crippen LogP contribution in [0.25, 0.3) is 5.65 Å². The second-order valence-electron chi connectivity index (χ2n) is 2.76. The lowest BCUT2D eigenvalue weighted by molar-refractivity contribution is 0.913. The van der Waals surface area contributed by atoms with E-state index in [0.29, 0.717) is 16.3 Å². The summed E-state index contributed by atoms with van der Waals surface area (Å²) in [7, 11) is 5.66. The zero-order valence-electron chi connectivity index (χ0n) is 7.16. The van der Waals surface area contributed by atoms with Crippen LogP contribution in [0.1, 0.15) is 12.6 Å². The summed E-state index contributed by atoms with van der Waals surface area (Å²) in [6.07, 6.45) is 2.38. The van der Waals surface area contributed by atoms with Crippen molar-refractivity contribution in [3.63, 3.8) is 0 Å². The van der Waals surface area contributed by atoms with Crippen molar-refractivity contribution in [3.8, 4) is 0 Å². The minimum absolute atomic E-state index is 0.540. The van der Waals surface area contributed by atoms with Crippen LogP contribution in [-0.4, -0.2) is 22.4 Å². The van der Waals surface area contributed by atoms with Crippen molar-refractivity contribution in [1.82, 2.24) is 14.6 Å². The maximum Gasteiger partial charge on any atom is 0.149 e. The minimum Gasteiger partial charge on any atom is -0.234 e. The SMILES string of the molecule is [B]c1cnn2c(Cl)cc(CC)nc12.